The zero-order chi connectivity index (χ0) is 16.5. The van der Waals surface area contributed by atoms with Crippen LogP contribution in [0.25, 0.3) is 0 Å². The first-order valence-electron chi connectivity index (χ1n) is 5.72. The Morgan fingerprint density at radius 3 is 2.45 bits per heavy atom. The van der Waals surface area contributed by atoms with Gasteiger partial charge in [-0.2, -0.15) is 0 Å². The molecule has 2 aromatic rings. The van der Waals surface area contributed by atoms with Gasteiger partial charge in [0, 0.05) is 6.07 Å². The SMILES string of the molecule is Nc1ccc(NS(=O)(=O)c2cc(F)ccc2F)cc1[N+](=O)[O-]. The molecule has 0 aromatic heterocycles. The van der Waals surface area contributed by atoms with Crippen LogP contribution < -0.4 is 10.5 Å². The number of hydrogen-bond donors (Lipinski definition) is 2. The van der Waals surface area contributed by atoms with Crippen LogP contribution >= 0.6 is 0 Å². The Morgan fingerprint density at radius 2 is 1.82 bits per heavy atom. The monoisotopic (exact) mass is 329 g/mol. The second-order valence-corrected chi connectivity index (χ2v) is 5.86. The maximum absolute atomic E-state index is 13.5. The molecule has 0 spiro atoms. The summed E-state index contributed by atoms with van der Waals surface area (Å²) in [5.74, 6) is -2.09. The lowest BCUT2D eigenvalue weighted by Crippen LogP contribution is -2.15. The lowest BCUT2D eigenvalue weighted by atomic mass is 10.2. The normalized spacial score (nSPS) is 11.2. The van der Waals surface area contributed by atoms with E-state index in [1.807, 2.05) is 4.72 Å². The number of halogens is 2. The van der Waals surface area contributed by atoms with Crippen molar-refractivity contribution in [2.24, 2.45) is 0 Å². The van der Waals surface area contributed by atoms with Gasteiger partial charge < -0.3 is 5.73 Å². The third-order valence-electron chi connectivity index (χ3n) is 2.66. The standard InChI is InChI=1S/C12H9F2N3O4S/c13-7-1-3-9(14)12(5-7)22(20,21)16-8-2-4-10(15)11(6-8)17(18)19/h1-6,16H,15H2. The van der Waals surface area contributed by atoms with Crippen molar-refractivity contribution in [3.63, 3.8) is 0 Å². The molecule has 0 saturated heterocycles. The highest BCUT2D eigenvalue weighted by molar-refractivity contribution is 7.92. The number of hydrogen-bond acceptors (Lipinski definition) is 5. The van der Waals surface area contributed by atoms with Crippen molar-refractivity contribution in [1.82, 2.24) is 0 Å². The minimum atomic E-state index is -4.45. The Balaban J connectivity index is 2.43. The van der Waals surface area contributed by atoms with Crippen molar-refractivity contribution in [2.45, 2.75) is 4.90 Å². The quantitative estimate of drug-likeness (QED) is 0.507. The Kier molecular flexibility index (Phi) is 3.95. The van der Waals surface area contributed by atoms with Gasteiger partial charge in [0.1, 0.15) is 22.2 Å². The van der Waals surface area contributed by atoms with Crippen LogP contribution in [0.15, 0.2) is 41.3 Å². The van der Waals surface area contributed by atoms with Gasteiger partial charge in [0.05, 0.1) is 10.6 Å². The fourth-order valence-electron chi connectivity index (χ4n) is 1.66. The van der Waals surface area contributed by atoms with E-state index in [1.54, 1.807) is 0 Å². The van der Waals surface area contributed by atoms with Crippen molar-refractivity contribution in [1.29, 1.82) is 0 Å². The molecule has 0 heterocycles. The van der Waals surface area contributed by atoms with E-state index in [0.717, 1.165) is 24.3 Å². The van der Waals surface area contributed by atoms with Gasteiger partial charge >= 0.3 is 0 Å². The molecule has 0 bridgehead atoms. The van der Waals surface area contributed by atoms with E-state index in [-0.39, 0.29) is 11.4 Å². The van der Waals surface area contributed by atoms with E-state index < -0.39 is 37.2 Å². The Morgan fingerprint density at radius 1 is 1.14 bits per heavy atom. The molecule has 116 valence electrons. The molecule has 7 nitrogen and oxygen atoms in total. The van der Waals surface area contributed by atoms with E-state index in [1.165, 1.54) is 0 Å². The summed E-state index contributed by atoms with van der Waals surface area (Å²) < 4.78 is 52.6. The number of nitro benzene ring substituents is 1. The predicted octanol–water partition coefficient (Wildman–Crippen LogP) is 2.26. The Bertz CT molecular complexity index is 855. The van der Waals surface area contributed by atoms with Crippen molar-refractivity contribution in [3.8, 4) is 0 Å². The van der Waals surface area contributed by atoms with E-state index in [4.69, 9.17) is 5.73 Å². The summed E-state index contributed by atoms with van der Waals surface area (Å²) in [5, 5.41) is 10.7. The number of sulfonamides is 1. The van der Waals surface area contributed by atoms with Gasteiger partial charge in [-0.1, -0.05) is 0 Å². The number of benzene rings is 2. The number of rotatable bonds is 4. The lowest BCUT2D eigenvalue weighted by molar-refractivity contribution is -0.383. The minimum absolute atomic E-state index is 0.162. The first-order chi connectivity index (χ1) is 10.2. The maximum atomic E-state index is 13.5. The molecule has 0 atom stereocenters. The molecule has 0 aliphatic carbocycles. The first-order valence-corrected chi connectivity index (χ1v) is 7.21. The second kappa shape index (κ2) is 5.56. The summed E-state index contributed by atoms with van der Waals surface area (Å²) in [6, 6.07) is 5.10. The van der Waals surface area contributed by atoms with Crippen molar-refractivity contribution in [3.05, 3.63) is 58.1 Å². The van der Waals surface area contributed by atoms with Crippen LogP contribution in [0.4, 0.5) is 25.8 Å². The maximum Gasteiger partial charge on any atom is 0.294 e. The van der Waals surface area contributed by atoms with Gasteiger partial charge in [-0.3, -0.25) is 14.8 Å². The van der Waals surface area contributed by atoms with Crippen LogP contribution in [0.5, 0.6) is 0 Å². The van der Waals surface area contributed by atoms with Crippen LogP contribution in [-0.4, -0.2) is 13.3 Å². The highest BCUT2D eigenvalue weighted by Gasteiger charge is 2.21. The van der Waals surface area contributed by atoms with Gasteiger partial charge in [-0.15, -0.1) is 0 Å². The summed E-state index contributed by atoms with van der Waals surface area (Å²) in [6.07, 6.45) is 0. The average Bonchev–Trinajstić information content (AvgIpc) is 2.43. The average molecular weight is 329 g/mol. The smallest absolute Gasteiger partial charge is 0.294 e. The summed E-state index contributed by atoms with van der Waals surface area (Å²) >= 11 is 0. The largest absolute Gasteiger partial charge is 0.393 e. The van der Waals surface area contributed by atoms with Crippen molar-refractivity contribution >= 4 is 27.1 Å². The van der Waals surface area contributed by atoms with Crippen LogP contribution in [0.3, 0.4) is 0 Å². The van der Waals surface area contributed by atoms with E-state index in [2.05, 4.69) is 0 Å². The molecule has 0 aliphatic heterocycles. The molecular formula is C12H9F2N3O4S. The highest BCUT2D eigenvalue weighted by atomic mass is 32.2. The summed E-state index contributed by atoms with van der Waals surface area (Å²) in [5.41, 5.74) is 4.50. The molecule has 0 fully saturated rings. The first kappa shape index (κ1) is 15.6. The number of nitrogens with one attached hydrogen (secondary N) is 1. The molecule has 0 amide bonds. The zero-order valence-corrected chi connectivity index (χ0v) is 11.6. The Labute approximate surface area is 123 Å². The third-order valence-corrected chi connectivity index (χ3v) is 4.06. The van der Waals surface area contributed by atoms with E-state index >= 15 is 0 Å². The molecule has 3 N–H and O–H groups in total. The molecule has 0 aliphatic rings. The van der Waals surface area contributed by atoms with Crippen LogP contribution in [-0.2, 0) is 10.0 Å². The van der Waals surface area contributed by atoms with E-state index in [0.29, 0.717) is 12.1 Å². The minimum Gasteiger partial charge on any atom is -0.393 e. The third kappa shape index (κ3) is 3.11. The fraction of sp³-hybridized carbons (Fsp3) is 0. The molecule has 0 saturated carbocycles. The molecule has 22 heavy (non-hydrogen) atoms. The van der Waals surface area contributed by atoms with Gasteiger partial charge in [-0.25, -0.2) is 17.2 Å². The molecular weight excluding hydrogens is 320 g/mol. The number of nitrogen functional groups attached to an aromatic ring is 1. The molecule has 0 radical (unpaired) electrons. The lowest BCUT2D eigenvalue weighted by Gasteiger charge is -2.09. The number of nitro groups is 1. The fourth-order valence-corrected chi connectivity index (χ4v) is 2.80. The Hall–Kier alpha value is -2.75. The summed E-state index contributed by atoms with van der Waals surface area (Å²) in [6.45, 7) is 0. The highest BCUT2D eigenvalue weighted by Crippen LogP contribution is 2.27. The number of nitrogens with zero attached hydrogens (tertiary/aromatic N) is 1. The molecule has 2 aromatic carbocycles. The molecule has 2 rings (SSSR count). The van der Waals surface area contributed by atoms with Crippen LogP contribution in [0.2, 0.25) is 0 Å². The van der Waals surface area contributed by atoms with Crippen LogP contribution in [0, 0.1) is 21.7 Å². The van der Waals surface area contributed by atoms with Gasteiger partial charge in [0.15, 0.2) is 0 Å². The molecule has 0 unspecified atom stereocenters. The van der Waals surface area contributed by atoms with Gasteiger partial charge in [0.2, 0.25) is 0 Å². The topological polar surface area (TPSA) is 115 Å². The zero-order valence-electron chi connectivity index (χ0n) is 10.8. The second-order valence-electron chi connectivity index (χ2n) is 4.21. The van der Waals surface area contributed by atoms with E-state index in [9.17, 15) is 27.3 Å². The number of nitrogens with two attached hydrogens (primary N) is 1. The number of anilines is 2. The van der Waals surface area contributed by atoms with Crippen molar-refractivity contribution < 1.29 is 22.1 Å². The van der Waals surface area contributed by atoms with Crippen molar-refractivity contribution in [2.75, 3.05) is 10.5 Å². The summed E-state index contributed by atoms with van der Waals surface area (Å²) in [7, 11) is -4.45. The van der Waals surface area contributed by atoms with Crippen LogP contribution in [0.1, 0.15) is 0 Å². The predicted molar refractivity (Wildman–Crippen MR) is 74.7 cm³/mol. The van der Waals surface area contributed by atoms with Gasteiger partial charge in [-0.05, 0) is 30.3 Å². The van der Waals surface area contributed by atoms with Gasteiger partial charge in [0.25, 0.3) is 15.7 Å². The summed E-state index contributed by atoms with van der Waals surface area (Å²) in [4.78, 5) is 9.04. The molecule has 10 heteroatoms.